The van der Waals surface area contributed by atoms with E-state index in [-0.39, 0.29) is 18.2 Å². The SMILES string of the molecule is CN(C)C(CNC(=O)Nc1cccc(OCC2CCCO2)c1)c1cccs1. The van der Waals surface area contributed by atoms with Gasteiger partial charge < -0.3 is 25.0 Å². The number of likely N-dealkylation sites (N-methyl/N-ethyl adjacent to an activating group) is 1. The lowest BCUT2D eigenvalue weighted by molar-refractivity contribution is 0.0680. The second-order valence-electron chi connectivity index (χ2n) is 6.80. The number of carbonyl (C=O) groups is 1. The van der Waals surface area contributed by atoms with Crippen molar-refractivity contribution in [3.63, 3.8) is 0 Å². The molecule has 0 spiro atoms. The molecule has 0 bridgehead atoms. The highest BCUT2D eigenvalue weighted by Gasteiger charge is 2.17. The smallest absolute Gasteiger partial charge is 0.319 e. The fraction of sp³-hybridized carbons (Fsp3) is 0.450. The molecule has 1 aromatic heterocycles. The number of carbonyl (C=O) groups excluding carboxylic acids is 1. The number of benzene rings is 1. The Morgan fingerprint density at radius 3 is 2.96 bits per heavy atom. The Kier molecular flexibility index (Phi) is 7.09. The average molecular weight is 390 g/mol. The van der Waals surface area contributed by atoms with Gasteiger partial charge in [-0.2, -0.15) is 0 Å². The van der Waals surface area contributed by atoms with E-state index in [1.807, 2.05) is 49.8 Å². The van der Waals surface area contributed by atoms with Crippen molar-refractivity contribution in [2.24, 2.45) is 0 Å². The number of rotatable bonds is 8. The molecule has 1 aromatic carbocycles. The zero-order chi connectivity index (χ0) is 19.1. The average Bonchev–Trinajstić information content (AvgIpc) is 3.34. The number of anilines is 1. The van der Waals surface area contributed by atoms with Crippen LogP contribution < -0.4 is 15.4 Å². The summed E-state index contributed by atoms with van der Waals surface area (Å²) >= 11 is 1.69. The molecule has 1 saturated heterocycles. The molecule has 1 fully saturated rings. The van der Waals surface area contributed by atoms with E-state index in [1.165, 1.54) is 4.88 Å². The van der Waals surface area contributed by atoms with Crippen LogP contribution in [-0.2, 0) is 4.74 Å². The molecule has 27 heavy (non-hydrogen) atoms. The van der Waals surface area contributed by atoms with Crippen molar-refractivity contribution < 1.29 is 14.3 Å². The van der Waals surface area contributed by atoms with Crippen molar-refractivity contribution in [1.82, 2.24) is 10.2 Å². The maximum atomic E-state index is 12.3. The minimum atomic E-state index is -0.227. The van der Waals surface area contributed by atoms with E-state index in [9.17, 15) is 4.79 Å². The van der Waals surface area contributed by atoms with Gasteiger partial charge >= 0.3 is 6.03 Å². The molecule has 0 saturated carbocycles. The summed E-state index contributed by atoms with van der Waals surface area (Å²) in [5.41, 5.74) is 0.704. The molecule has 1 aliphatic rings. The van der Waals surface area contributed by atoms with E-state index in [4.69, 9.17) is 9.47 Å². The van der Waals surface area contributed by atoms with E-state index in [1.54, 1.807) is 11.3 Å². The molecule has 2 aromatic rings. The standard InChI is InChI=1S/C20H27N3O3S/c1-23(2)18(19-9-5-11-27-19)13-21-20(24)22-15-6-3-7-16(12-15)26-14-17-8-4-10-25-17/h3,5-7,9,11-12,17-18H,4,8,10,13-14H2,1-2H3,(H2,21,22,24). The number of hydrogen-bond donors (Lipinski definition) is 2. The zero-order valence-corrected chi connectivity index (χ0v) is 16.6. The Labute approximate surface area is 164 Å². The summed E-state index contributed by atoms with van der Waals surface area (Å²) in [7, 11) is 4.03. The molecule has 6 nitrogen and oxygen atoms in total. The largest absolute Gasteiger partial charge is 0.491 e. The van der Waals surface area contributed by atoms with Gasteiger partial charge in [-0.25, -0.2) is 4.79 Å². The fourth-order valence-electron chi connectivity index (χ4n) is 3.01. The number of ether oxygens (including phenoxy) is 2. The quantitative estimate of drug-likeness (QED) is 0.722. The lowest BCUT2D eigenvalue weighted by Gasteiger charge is -2.23. The third-order valence-corrected chi connectivity index (χ3v) is 5.48. The summed E-state index contributed by atoms with van der Waals surface area (Å²) < 4.78 is 11.4. The van der Waals surface area contributed by atoms with E-state index in [0.717, 1.165) is 25.2 Å². The lowest BCUT2D eigenvalue weighted by Crippen LogP contribution is -2.36. The number of thiophene rings is 1. The van der Waals surface area contributed by atoms with Crippen molar-refractivity contribution in [1.29, 1.82) is 0 Å². The van der Waals surface area contributed by atoms with Gasteiger partial charge in [0.2, 0.25) is 0 Å². The molecule has 2 amide bonds. The number of amides is 2. The van der Waals surface area contributed by atoms with E-state index in [2.05, 4.69) is 21.6 Å². The molecule has 0 aliphatic carbocycles. The number of urea groups is 1. The van der Waals surface area contributed by atoms with Gasteiger partial charge in [-0.3, -0.25) is 0 Å². The van der Waals surface area contributed by atoms with Crippen LogP contribution in [0, 0.1) is 0 Å². The predicted octanol–water partition coefficient (Wildman–Crippen LogP) is 3.73. The molecule has 2 heterocycles. The van der Waals surface area contributed by atoms with Crippen molar-refractivity contribution in [3.8, 4) is 5.75 Å². The third-order valence-electron chi connectivity index (χ3n) is 4.50. The van der Waals surface area contributed by atoms with Crippen LogP contribution in [0.2, 0.25) is 0 Å². The first-order valence-corrected chi connectivity index (χ1v) is 10.1. The highest BCUT2D eigenvalue weighted by atomic mass is 32.1. The monoisotopic (exact) mass is 389 g/mol. The van der Waals surface area contributed by atoms with Gasteiger partial charge in [0, 0.05) is 29.8 Å². The van der Waals surface area contributed by atoms with Gasteiger partial charge in [0.15, 0.2) is 0 Å². The minimum absolute atomic E-state index is 0.150. The zero-order valence-electron chi connectivity index (χ0n) is 15.8. The summed E-state index contributed by atoms with van der Waals surface area (Å²) in [6.07, 6.45) is 2.30. The van der Waals surface area contributed by atoms with Gasteiger partial charge in [0.05, 0.1) is 12.1 Å². The van der Waals surface area contributed by atoms with E-state index in [0.29, 0.717) is 18.8 Å². The highest BCUT2D eigenvalue weighted by molar-refractivity contribution is 7.10. The fourth-order valence-corrected chi connectivity index (χ4v) is 3.93. The van der Waals surface area contributed by atoms with Crippen LogP contribution in [-0.4, -0.2) is 50.9 Å². The summed E-state index contributed by atoms with van der Waals surface area (Å²) in [6.45, 7) is 1.89. The minimum Gasteiger partial charge on any atom is -0.491 e. The normalized spacial score (nSPS) is 17.7. The first kappa shape index (κ1) is 19.7. The van der Waals surface area contributed by atoms with Crippen molar-refractivity contribution in [2.45, 2.75) is 25.0 Å². The van der Waals surface area contributed by atoms with Crippen LogP contribution in [0.15, 0.2) is 41.8 Å². The molecule has 146 valence electrons. The summed E-state index contributed by atoms with van der Waals surface area (Å²) in [4.78, 5) is 15.6. The maximum Gasteiger partial charge on any atom is 0.319 e. The van der Waals surface area contributed by atoms with Gasteiger partial charge in [-0.15, -0.1) is 11.3 Å². The highest BCUT2D eigenvalue weighted by Crippen LogP contribution is 2.23. The maximum absolute atomic E-state index is 12.3. The predicted molar refractivity (Wildman–Crippen MR) is 109 cm³/mol. The summed E-state index contributed by atoms with van der Waals surface area (Å²) in [5, 5.41) is 7.87. The van der Waals surface area contributed by atoms with Crippen LogP contribution in [0.1, 0.15) is 23.8 Å². The van der Waals surface area contributed by atoms with Gasteiger partial charge in [-0.05, 0) is 50.5 Å². The van der Waals surface area contributed by atoms with E-state index >= 15 is 0 Å². The Balaban J connectivity index is 1.49. The number of hydrogen-bond acceptors (Lipinski definition) is 5. The molecule has 0 radical (unpaired) electrons. The first-order valence-electron chi connectivity index (χ1n) is 9.21. The molecule has 3 rings (SSSR count). The van der Waals surface area contributed by atoms with Gasteiger partial charge in [0.25, 0.3) is 0 Å². The summed E-state index contributed by atoms with van der Waals surface area (Å²) in [6, 6.07) is 11.5. The Morgan fingerprint density at radius 2 is 2.26 bits per heavy atom. The number of nitrogens with one attached hydrogen (secondary N) is 2. The Morgan fingerprint density at radius 1 is 1.37 bits per heavy atom. The molecule has 7 heteroatoms. The molecular formula is C20H27N3O3S. The Bertz CT molecular complexity index is 715. The molecule has 2 atom stereocenters. The van der Waals surface area contributed by atoms with Crippen LogP contribution in [0.4, 0.5) is 10.5 Å². The van der Waals surface area contributed by atoms with Crippen molar-refractivity contribution in [2.75, 3.05) is 39.2 Å². The molecular weight excluding hydrogens is 362 g/mol. The topological polar surface area (TPSA) is 62.8 Å². The summed E-state index contributed by atoms with van der Waals surface area (Å²) in [5.74, 6) is 0.730. The van der Waals surface area contributed by atoms with Crippen molar-refractivity contribution >= 4 is 23.1 Å². The third kappa shape index (κ3) is 5.95. The van der Waals surface area contributed by atoms with Crippen LogP contribution >= 0.6 is 11.3 Å². The second-order valence-corrected chi connectivity index (χ2v) is 7.78. The number of nitrogens with zero attached hydrogens (tertiary/aromatic N) is 1. The van der Waals surface area contributed by atoms with Crippen molar-refractivity contribution in [3.05, 3.63) is 46.7 Å². The lowest BCUT2D eigenvalue weighted by atomic mass is 10.2. The van der Waals surface area contributed by atoms with Crippen LogP contribution in [0.25, 0.3) is 0 Å². The molecule has 2 N–H and O–H groups in total. The molecule has 2 unspecified atom stereocenters. The molecule has 1 aliphatic heterocycles. The van der Waals surface area contributed by atoms with E-state index < -0.39 is 0 Å². The van der Waals surface area contributed by atoms with Gasteiger partial charge in [-0.1, -0.05) is 12.1 Å². The van der Waals surface area contributed by atoms with Crippen LogP contribution in [0.3, 0.4) is 0 Å². The van der Waals surface area contributed by atoms with Gasteiger partial charge in [0.1, 0.15) is 12.4 Å². The Hall–Kier alpha value is -2.09. The first-order chi connectivity index (χ1) is 13.1. The van der Waals surface area contributed by atoms with Crippen LogP contribution in [0.5, 0.6) is 5.75 Å². The second kappa shape index (κ2) is 9.73.